The highest BCUT2D eigenvalue weighted by Crippen LogP contribution is 2.17. The quantitative estimate of drug-likeness (QED) is 0.785. The van der Waals surface area contributed by atoms with Crippen LogP contribution < -0.4 is 5.32 Å². The van der Waals surface area contributed by atoms with Crippen molar-refractivity contribution in [2.75, 3.05) is 32.4 Å². The van der Waals surface area contributed by atoms with Crippen LogP contribution in [-0.4, -0.2) is 45.2 Å². The molecule has 102 valence electrons. The Bertz CT molecular complexity index is 308. The van der Waals surface area contributed by atoms with Crippen LogP contribution in [0.2, 0.25) is 0 Å². The van der Waals surface area contributed by atoms with Gasteiger partial charge in [-0.2, -0.15) is 0 Å². The number of rotatable bonds is 6. The van der Waals surface area contributed by atoms with Crippen molar-refractivity contribution in [3.63, 3.8) is 0 Å². The normalized spacial score (nSPS) is 19.1. The van der Waals surface area contributed by atoms with Crippen molar-refractivity contribution in [1.29, 1.82) is 0 Å². The van der Waals surface area contributed by atoms with Gasteiger partial charge >= 0.3 is 0 Å². The van der Waals surface area contributed by atoms with Crippen molar-refractivity contribution in [3.05, 3.63) is 0 Å². The lowest BCUT2D eigenvalue weighted by molar-refractivity contribution is 0.325. The lowest BCUT2D eigenvalue weighted by Gasteiger charge is -2.25. The summed E-state index contributed by atoms with van der Waals surface area (Å²) in [5.74, 6) is 1.14. The third-order valence-corrected chi connectivity index (χ3v) is 5.55. The maximum absolute atomic E-state index is 11.9. The van der Waals surface area contributed by atoms with Gasteiger partial charge in [0.2, 0.25) is 10.0 Å². The molecule has 0 radical (unpaired) electrons. The largest absolute Gasteiger partial charge is 0.317 e. The molecule has 0 aliphatic carbocycles. The average molecular weight is 262 g/mol. The van der Waals surface area contributed by atoms with Crippen LogP contribution in [0.4, 0.5) is 0 Å². The summed E-state index contributed by atoms with van der Waals surface area (Å²) in [6, 6.07) is 0. The minimum atomic E-state index is -3.04. The Balaban J connectivity index is 2.35. The number of nitrogens with zero attached hydrogens (tertiary/aromatic N) is 1. The summed E-state index contributed by atoms with van der Waals surface area (Å²) < 4.78 is 25.4. The maximum atomic E-state index is 11.9. The van der Waals surface area contributed by atoms with Crippen LogP contribution in [0, 0.1) is 11.8 Å². The van der Waals surface area contributed by atoms with Crippen LogP contribution in [0.25, 0.3) is 0 Å². The molecule has 5 heteroatoms. The summed E-state index contributed by atoms with van der Waals surface area (Å²) in [6.45, 7) is 6.70. The molecule has 1 rings (SSSR count). The molecule has 17 heavy (non-hydrogen) atoms. The lowest BCUT2D eigenvalue weighted by Crippen LogP contribution is -2.34. The molecule has 0 unspecified atom stereocenters. The van der Waals surface area contributed by atoms with E-state index in [0.29, 0.717) is 12.5 Å². The van der Waals surface area contributed by atoms with E-state index < -0.39 is 10.0 Å². The smallest absolute Gasteiger partial charge is 0.214 e. The van der Waals surface area contributed by atoms with Gasteiger partial charge in [0.15, 0.2) is 0 Å². The third-order valence-electron chi connectivity index (χ3n) is 3.33. The fourth-order valence-corrected chi connectivity index (χ4v) is 3.70. The van der Waals surface area contributed by atoms with Crippen molar-refractivity contribution in [2.24, 2.45) is 11.8 Å². The molecule has 4 nitrogen and oxygen atoms in total. The van der Waals surface area contributed by atoms with Gasteiger partial charge in [-0.05, 0) is 44.2 Å². The summed E-state index contributed by atoms with van der Waals surface area (Å²) in [6.07, 6.45) is 3.35. The molecule has 0 bridgehead atoms. The minimum Gasteiger partial charge on any atom is -0.317 e. The van der Waals surface area contributed by atoms with Crippen molar-refractivity contribution in [3.8, 4) is 0 Å². The first-order valence-corrected chi connectivity index (χ1v) is 8.17. The zero-order valence-electron chi connectivity index (χ0n) is 11.3. The van der Waals surface area contributed by atoms with Crippen LogP contribution in [0.3, 0.4) is 0 Å². The SMILES string of the molecule is CC(C)CS(=O)(=O)N(C)CCC1CCNCC1. The van der Waals surface area contributed by atoms with Crippen molar-refractivity contribution >= 4 is 10.0 Å². The number of hydrogen-bond acceptors (Lipinski definition) is 3. The van der Waals surface area contributed by atoms with Gasteiger partial charge in [-0.25, -0.2) is 12.7 Å². The fraction of sp³-hybridized carbons (Fsp3) is 1.00. The molecule has 1 saturated heterocycles. The zero-order chi connectivity index (χ0) is 12.9. The van der Waals surface area contributed by atoms with Gasteiger partial charge in [-0.3, -0.25) is 0 Å². The Morgan fingerprint density at radius 2 is 1.88 bits per heavy atom. The predicted octanol–water partition coefficient (Wildman–Crippen LogP) is 1.29. The number of sulfonamides is 1. The predicted molar refractivity (Wildman–Crippen MR) is 71.5 cm³/mol. The van der Waals surface area contributed by atoms with E-state index in [1.54, 1.807) is 7.05 Å². The summed E-state index contributed by atoms with van der Waals surface area (Å²) in [5.41, 5.74) is 0. The first-order valence-electron chi connectivity index (χ1n) is 6.56. The molecule has 1 heterocycles. The van der Waals surface area contributed by atoms with E-state index in [0.717, 1.165) is 19.5 Å². The third kappa shape index (κ3) is 5.36. The second kappa shape index (κ2) is 6.71. The van der Waals surface area contributed by atoms with Gasteiger partial charge in [0.05, 0.1) is 5.75 Å². The van der Waals surface area contributed by atoms with E-state index in [4.69, 9.17) is 0 Å². The Hall–Kier alpha value is -0.130. The summed E-state index contributed by atoms with van der Waals surface area (Å²) in [5, 5.41) is 3.33. The highest BCUT2D eigenvalue weighted by molar-refractivity contribution is 7.89. The van der Waals surface area contributed by atoms with Crippen LogP contribution in [0.5, 0.6) is 0 Å². The van der Waals surface area contributed by atoms with Crippen molar-refractivity contribution in [2.45, 2.75) is 33.1 Å². The van der Waals surface area contributed by atoms with Crippen molar-refractivity contribution < 1.29 is 8.42 Å². The lowest BCUT2D eigenvalue weighted by atomic mass is 9.95. The fourth-order valence-electron chi connectivity index (χ4n) is 2.22. The molecule has 0 aromatic heterocycles. The first-order chi connectivity index (χ1) is 7.92. The van der Waals surface area contributed by atoms with Gasteiger partial charge in [-0.15, -0.1) is 0 Å². The molecular weight excluding hydrogens is 236 g/mol. The number of nitrogens with one attached hydrogen (secondary N) is 1. The van der Waals surface area contributed by atoms with Crippen molar-refractivity contribution in [1.82, 2.24) is 9.62 Å². The summed E-state index contributed by atoms with van der Waals surface area (Å²) in [4.78, 5) is 0. The molecule has 0 aromatic rings. The summed E-state index contributed by atoms with van der Waals surface area (Å²) >= 11 is 0. The summed E-state index contributed by atoms with van der Waals surface area (Å²) in [7, 11) is -1.34. The van der Waals surface area contributed by atoms with Gasteiger partial charge in [0.25, 0.3) is 0 Å². The molecule has 1 fully saturated rings. The Kier molecular flexibility index (Phi) is 5.89. The molecule has 1 aliphatic heterocycles. The molecule has 1 N–H and O–H groups in total. The van der Waals surface area contributed by atoms with E-state index in [2.05, 4.69) is 5.32 Å². The maximum Gasteiger partial charge on any atom is 0.214 e. The van der Waals surface area contributed by atoms with Crippen LogP contribution >= 0.6 is 0 Å². The number of hydrogen-bond donors (Lipinski definition) is 1. The average Bonchev–Trinajstić information content (AvgIpc) is 2.25. The topological polar surface area (TPSA) is 49.4 Å². The van der Waals surface area contributed by atoms with E-state index in [1.165, 1.54) is 17.1 Å². The highest BCUT2D eigenvalue weighted by atomic mass is 32.2. The van der Waals surface area contributed by atoms with E-state index >= 15 is 0 Å². The highest BCUT2D eigenvalue weighted by Gasteiger charge is 2.21. The number of piperidine rings is 1. The minimum absolute atomic E-state index is 0.196. The van der Waals surface area contributed by atoms with Crippen LogP contribution in [0.15, 0.2) is 0 Å². The van der Waals surface area contributed by atoms with E-state index in [-0.39, 0.29) is 11.7 Å². The molecule has 0 aromatic carbocycles. The van der Waals surface area contributed by atoms with E-state index in [9.17, 15) is 8.42 Å². The zero-order valence-corrected chi connectivity index (χ0v) is 12.1. The second-order valence-electron chi connectivity index (χ2n) is 5.48. The van der Waals surface area contributed by atoms with Gasteiger partial charge in [0, 0.05) is 13.6 Å². The van der Waals surface area contributed by atoms with Crippen LogP contribution in [0.1, 0.15) is 33.1 Å². The molecule has 0 spiro atoms. The van der Waals surface area contributed by atoms with Crippen LogP contribution in [-0.2, 0) is 10.0 Å². The monoisotopic (exact) mass is 262 g/mol. The first kappa shape index (κ1) is 14.9. The Morgan fingerprint density at radius 1 is 1.29 bits per heavy atom. The second-order valence-corrected chi connectivity index (χ2v) is 7.60. The molecule has 0 saturated carbocycles. The molecular formula is C12H26N2O2S. The molecule has 0 atom stereocenters. The Morgan fingerprint density at radius 3 is 2.41 bits per heavy atom. The van der Waals surface area contributed by atoms with Gasteiger partial charge in [0.1, 0.15) is 0 Å². The van der Waals surface area contributed by atoms with Gasteiger partial charge in [-0.1, -0.05) is 13.8 Å². The molecule has 1 aliphatic rings. The Labute approximate surface area is 106 Å². The standard InChI is InChI=1S/C12H26N2O2S/c1-11(2)10-17(15,16)14(3)9-6-12-4-7-13-8-5-12/h11-13H,4-10H2,1-3H3. The van der Waals surface area contributed by atoms with Gasteiger partial charge < -0.3 is 5.32 Å². The van der Waals surface area contributed by atoms with E-state index in [1.807, 2.05) is 13.8 Å². The molecule has 0 amide bonds.